The van der Waals surface area contributed by atoms with E-state index in [9.17, 15) is 22.4 Å². The summed E-state index contributed by atoms with van der Waals surface area (Å²) in [6, 6.07) is 16.5. The molecule has 3 rings (SSSR count). The van der Waals surface area contributed by atoms with Gasteiger partial charge < -0.3 is 0 Å². The van der Waals surface area contributed by atoms with Gasteiger partial charge in [0.2, 0.25) is 0 Å². The summed E-state index contributed by atoms with van der Waals surface area (Å²) in [4.78, 5) is 25.3. The van der Waals surface area contributed by atoms with Gasteiger partial charge in [0, 0.05) is 11.1 Å². The Hall–Kier alpha value is -3.83. The van der Waals surface area contributed by atoms with Crippen molar-refractivity contribution < 1.29 is 22.4 Å². The molecule has 8 heteroatoms. The Morgan fingerprint density at radius 2 is 1.60 bits per heavy atom. The second-order valence-electron chi connectivity index (χ2n) is 6.41. The van der Waals surface area contributed by atoms with Crippen molar-refractivity contribution in [3.63, 3.8) is 0 Å². The van der Waals surface area contributed by atoms with E-state index in [-0.39, 0.29) is 27.1 Å². The summed E-state index contributed by atoms with van der Waals surface area (Å²) >= 11 is 0. The molecule has 3 aromatic rings. The normalized spacial score (nSPS) is 10.8. The Balaban J connectivity index is 1.96. The molecule has 0 unspecified atom stereocenters. The Labute approximate surface area is 172 Å². The largest absolute Gasteiger partial charge is 0.289 e. The molecule has 6 nitrogen and oxygen atoms in total. The number of benzene rings is 3. The lowest BCUT2D eigenvalue weighted by Crippen LogP contribution is -2.32. The lowest BCUT2D eigenvalue weighted by atomic mass is 9.98. The first-order valence-electron chi connectivity index (χ1n) is 8.70. The number of amides is 1. The maximum Gasteiger partial charge on any atom is 0.265 e. The van der Waals surface area contributed by atoms with E-state index in [1.165, 1.54) is 61.5 Å². The molecule has 30 heavy (non-hydrogen) atoms. The second kappa shape index (κ2) is 8.27. The third-order valence-electron chi connectivity index (χ3n) is 4.36. The van der Waals surface area contributed by atoms with Crippen LogP contribution in [0.5, 0.6) is 0 Å². The molecular formula is C22H15FN2O4S. The number of halogens is 1. The molecule has 0 aliphatic rings. The molecule has 0 radical (unpaired) electrons. The molecule has 1 N–H and O–H groups in total. The molecule has 0 saturated carbocycles. The Morgan fingerprint density at radius 1 is 0.967 bits per heavy atom. The number of carbonyl (C=O) groups is 2. The molecule has 0 saturated heterocycles. The minimum Gasteiger partial charge on any atom is -0.289 e. The van der Waals surface area contributed by atoms with Crippen molar-refractivity contribution in [3.8, 4) is 6.07 Å². The smallest absolute Gasteiger partial charge is 0.265 e. The van der Waals surface area contributed by atoms with Crippen molar-refractivity contribution in [1.29, 1.82) is 5.26 Å². The van der Waals surface area contributed by atoms with Crippen LogP contribution in [0.3, 0.4) is 0 Å². The van der Waals surface area contributed by atoms with E-state index < -0.39 is 27.5 Å². The number of sulfonamides is 1. The molecule has 0 aliphatic carbocycles. The van der Waals surface area contributed by atoms with E-state index in [0.29, 0.717) is 5.56 Å². The van der Waals surface area contributed by atoms with Crippen LogP contribution in [0, 0.1) is 24.1 Å². The van der Waals surface area contributed by atoms with Gasteiger partial charge in [0.15, 0.2) is 5.78 Å². The number of rotatable bonds is 5. The van der Waals surface area contributed by atoms with Crippen molar-refractivity contribution in [2.75, 3.05) is 0 Å². The standard InChI is InChI=1S/C22H15FN2O4S/c1-14-6-7-15(13-24)12-20(14)30(28,29)25-22(27)19-5-3-2-4-18(19)21(26)16-8-10-17(23)11-9-16/h2-12H,1H3,(H,25,27). The van der Waals surface area contributed by atoms with E-state index in [4.69, 9.17) is 5.26 Å². The van der Waals surface area contributed by atoms with E-state index in [0.717, 1.165) is 12.1 Å². The summed E-state index contributed by atoms with van der Waals surface area (Å²) in [5.74, 6) is -2.07. The summed E-state index contributed by atoms with van der Waals surface area (Å²) in [6.45, 7) is 1.53. The van der Waals surface area contributed by atoms with E-state index in [2.05, 4.69) is 0 Å². The number of hydrogen-bond acceptors (Lipinski definition) is 5. The fourth-order valence-corrected chi connectivity index (χ4v) is 4.07. The van der Waals surface area contributed by atoms with Crippen LogP contribution in [0.1, 0.15) is 37.4 Å². The molecule has 0 bridgehead atoms. The van der Waals surface area contributed by atoms with Crippen molar-refractivity contribution in [2.24, 2.45) is 0 Å². The van der Waals surface area contributed by atoms with Gasteiger partial charge in [-0.1, -0.05) is 24.3 Å². The summed E-state index contributed by atoms with van der Waals surface area (Å²) in [7, 11) is -4.30. The Morgan fingerprint density at radius 3 is 2.23 bits per heavy atom. The van der Waals surface area contributed by atoms with Gasteiger partial charge in [-0.15, -0.1) is 0 Å². The van der Waals surface area contributed by atoms with Crippen molar-refractivity contribution >= 4 is 21.7 Å². The van der Waals surface area contributed by atoms with E-state index in [1.807, 2.05) is 10.8 Å². The number of ketones is 1. The third-order valence-corrected chi connectivity index (χ3v) is 5.83. The lowest BCUT2D eigenvalue weighted by molar-refractivity contribution is 0.0966. The maximum absolute atomic E-state index is 13.1. The highest BCUT2D eigenvalue weighted by atomic mass is 32.2. The predicted molar refractivity (Wildman–Crippen MR) is 107 cm³/mol. The first-order valence-corrected chi connectivity index (χ1v) is 10.2. The molecule has 3 aromatic carbocycles. The molecule has 0 spiro atoms. The fourth-order valence-electron chi connectivity index (χ4n) is 2.83. The fraction of sp³-hybridized carbons (Fsp3) is 0.0455. The zero-order valence-electron chi connectivity index (χ0n) is 15.7. The van der Waals surface area contributed by atoms with Crippen LogP contribution in [0.4, 0.5) is 4.39 Å². The monoisotopic (exact) mass is 422 g/mol. The van der Waals surface area contributed by atoms with Gasteiger partial charge in [0.1, 0.15) is 5.82 Å². The van der Waals surface area contributed by atoms with Crippen LogP contribution in [0.2, 0.25) is 0 Å². The summed E-state index contributed by atoms with van der Waals surface area (Å²) in [5, 5.41) is 9.01. The molecule has 0 aromatic heterocycles. The van der Waals surface area contributed by atoms with Gasteiger partial charge in [0.05, 0.1) is 22.1 Å². The van der Waals surface area contributed by atoms with Gasteiger partial charge in [0.25, 0.3) is 15.9 Å². The first-order chi connectivity index (χ1) is 14.2. The number of carbonyl (C=O) groups excluding carboxylic acids is 2. The summed E-state index contributed by atoms with van der Waals surface area (Å²) in [5.41, 5.74) is 0.450. The molecule has 0 atom stereocenters. The number of nitrogens with one attached hydrogen (secondary N) is 1. The molecular weight excluding hydrogens is 407 g/mol. The van der Waals surface area contributed by atoms with Gasteiger partial charge in [-0.2, -0.15) is 5.26 Å². The first kappa shape index (κ1) is 20.9. The van der Waals surface area contributed by atoms with Crippen LogP contribution in [-0.2, 0) is 10.0 Å². The van der Waals surface area contributed by atoms with E-state index in [1.54, 1.807) is 0 Å². The SMILES string of the molecule is Cc1ccc(C#N)cc1S(=O)(=O)NC(=O)c1ccccc1C(=O)c1ccc(F)cc1. The number of nitriles is 1. The predicted octanol–water partition coefficient (Wildman–Crippen LogP) is 3.36. The molecule has 0 aliphatic heterocycles. The van der Waals surface area contributed by atoms with Crippen molar-refractivity contribution in [2.45, 2.75) is 11.8 Å². The molecule has 1 amide bonds. The quantitative estimate of drug-likeness (QED) is 0.635. The van der Waals surface area contributed by atoms with Crippen LogP contribution >= 0.6 is 0 Å². The zero-order chi connectivity index (χ0) is 21.9. The highest BCUT2D eigenvalue weighted by Gasteiger charge is 2.24. The Kier molecular flexibility index (Phi) is 5.76. The molecule has 0 fully saturated rings. The van der Waals surface area contributed by atoms with Crippen LogP contribution in [0.25, 0.3) is 0 Å². The van der Waals surface area contributed by atoms with Gasteiger partial charge in [-0.25, -0.2) is 17.5 Å². The van der Waals surface area contributed by atoms with Gasteiger partial charge in [-0.3, -0.25) is 9.59 Å². The van der Waals surface area contributed by atoms with Crippen LogP contribution < -0.4 is 4.72 Å². The van der Waals surface area contributed by atoms with Crippen LogP contribution in [-0.4, -0.2) is 20.1 Å². The van der Waals surface area contributed by atoms with Crippen molar-refractivity contribution in [1.82, 2.24) is 4.72 Å². The average Bonchev–Trinajstić information content (AvgIpc) is 2.73. The molecule has 150 valence electrons. The minimum absolute atomic E-state index is 0.0284. The Bertz CT molecular complexity index is 1290. The summed E-state index contributed by atoms with van der Waals surface area (Å²) < 4.78 is 40.5. The average molecular weight is 422 g/mol. The van der Waals surface area contributed by atoms with Gasteiger partial charge >= 0.3 is 0 Å². The van der Waals surface area contributed by atoms with Gasteiger partial charge in [-0.05, 0) is 55.0 Å². The third kappa shape index (κ3) is 4.26. The van der Waals surface area contributed by atoms with Crippen molar-refractivity contribution in [3.05, 3.63) is 100 Å². The highest BCUT2D eigenvalue weighted by Crippen LogP contribution is 2.19. The minimum atomic E-state index is -4.30. The number of nitrogens with zero attached hydrogens (tertiary/aromatic N) is 1. The van der Waals surface area contributed by atoms with E-state index >= 15 is 0 Å². The summed E-state index contributed by atoms with van der Waals surface area (Å²) in [6.07, 6.45) is 0. The maximum atomic E-state index is 13.1. The number of hydrogen-bond donors (Lipinski definition) is 1. The zero-order valence-corrected chi connectivity index (χ0v) is 16.5. The number of aryl methyl sites for hydroxylation is 1. The second-order valence-corrected chi connectivity index (χ2v) is 8.06. The topological polar surface area (TPSA) is 104 Å². The van der Waals surface area contributed by atoms with Crippen LogP contribution in [0.15, 0.2) is 71.6 Å². The lowest BCUT2D eigenvalue weighted by Gasteiger charge is -2.12. The highest BCUT2D eigenvalue weighted by molar-refractivity contribution is 7.90. The molecule has 0 heterocycles.